The minimum absolute atomic E-state index is 0.0615. The van der Waals surface area contributed by atoms with Crippen molar-refractivity contribution in [3.63, 3.8) is 0 Å². The summed E-state index contributed by atoms with van der Waals surface area (Å²) in [6.07, 6.45) is 1.61. The van der Waals surface area contributed by atoms with E-state index in [0.29, 0.717) is 0 Å². The van der Waals surface area contributed by atoms with E-state index in [2.05, 4.69) is 10.6 Å². The number of carboxylic acids is 1. The highest BCUT2D eigenvalue weighted by atomic mass is 16.6. The molecule has 0 saturated heterocycles. The zero-order valence-corrected chi connectivity index (χ0v) is 14.9. The fourth-order valence-corrected chi connectivity index (χ4v) is 2.02. The minimum Gasteiger partial charge on any atom is -0.480 e. The highest BCUT2D eigenvalue weighted by Crippen LogP contribution is 2.07. The van der Waals surface area contributed by atoms with Gasteiger partial charge in [-0.15, -0.1) is 0 Å². The summed E-state index contributed by atoms with van der Waals surface area (Å²) in [6, 6.07) is -1.33. The predicted octanol–water partition coefficient (Wildman–Crippen LogP) is -0.214. The molecule has 0 aromatic heterocycles. The van der Waals surface area contributed by atoms with Crippen molar-refractivity contribution in [3.05, 3.63) is 12.2 Å². The van der Waals surface area contributed by atoms with Gasteiger partial charge in [0.05, 0.1) is 6.54 Å². The zero-order chi connectivity index (χ0) is 19.9. The number of hydrogen-bond acceptors (Lipinski definition) is 6. The molecule has 1 atom stereocenters. The number of aliphatic carboxylic acids is 1. The van der Waals surface area contributed by atoms with Gasteiger partial charge in [-0.05, 0) is 27.2 Å². The van der Waals surface area contributed by atoms with Crippen LogP contribution in [0.5, 0.6) is 0 Å². The summed E-state index contributed by atoms with van der Waals surface area (Å²) in [7, 11) is 0. The normalized spacial score (nSPS) is 15.0. The second-order valence-electron chi connectivity index (χ2n) is 6.61. The first-order chi connectivity index (χ1) is 12.0. The lowest BCUT2D eigenvalue weighted by atomic mass is 10.2. The summed E-state index contributed by atoms with van der Waals surface area (Å²) in [5.74, 6) is -2.78. The molecule has 1 rings (SSSR count). The number of nitrogens with zero attached hydrogens (tertiary/aromatic N) is 1. The van der Waals surface area contributed by atoms with E-state index in [4.69, 9.17) is 9.84 Å². The van der Waals surface area contributed by atoms with Crippen LogP contribution in [-0.4, -0.2) is 64.5 Å². The average molecular weight is 369 g/mol. The molecule has 144 valence electrons. The van der Waals surface area contributed by atoms with E-state index in [1.54, 1.807) is 20.8 Å². The van der Waals surface area contributed by atoms with Crippen molar-refractivity contribution in [1.82, 2.24) is 15.5 Å². The van der Waals surface area contributed by atoms with Gasteiger partial charge in [-0.1, -0.05) is 0 Å². The summed E-state index contributed by atoms with van der Waals surface area (Å²) < 4.78 is 4.98. The van der Waals surface area contributed by atoms with Crippen LogP contribution in [0.4, 0.5) is 4.79 Å². The maximum absolute atomic E-state index is 11.8. The summed E-state index contributed by atoms with van der Waals surface area (Å²) in [6.45, 7) is 4.70. The maximum atomic E-state index is 11.8. The van der Waals surface area contributed by atoms with Crippen molar-refractivity contribution < 1.29 is 33.8 Å². The molecule has 0 radical (unpaired) electrons. The van der Waals surface area contributed by atoms with Gasteiger partial charge in [-0.3, -0.25) is 19.3 Å². The lowest BCUT2D eigenvalue weighted by Crippen LogP contribution is -2.49. The van der Waals surface area contributed by atoms with E-state index in [9.17, 15) is 24.0 Å². The van der Waals surface area contributed by atoms with Crippen molar-refractivity contribution >= 4 is 29.8 Å². The lowest BCUT2D eigenvalue weighted by molar-refractivity contribution is -0.141. The van der Waals surface area contributed by atoms with E-state index in [-0.39, 0.29) is 25.9 Å². The van der Waals surface area contributed by atoms with Crippen LogP contribution in [0.3, 0.4) is 0 Å². The third-order valence-corrected chi connectivity index (χ3v) is 3.17. The van der Waals surface area contributed by atoms with Crippen LogP contribution < -0.4 is 10.6 Å². The summed E-state index contributed by atoms with van der Waals surface area (Å²) >= 11 is 0. The Labute approximate surface area is 150 Å². The van der Waals surface area contributed by atoms with Gasteiger partial charge in [0.15, 0.2) is 0 Å². The molecular formula is C16H23N3O7. The number of hydrogen-bond donors (Lipinski definition) is 3. The Hall–Kier alpha value is -2.91. The molecule has 26 heavy (non-hydrogen) atoms. The molecule has 0 saturated carbocycles. The van der Waals surface area contributed by atoms with E-state index in [0.717, 1.165) is 17.1 Å². The van der Waals surface area contributed by atoms with E-state index in [1.165, 1.54) is 0 Å². The Bertz CT molecular complexity index is 604. The zero-order valence-electron chi connectivity index (χ0n) is 14.9. The molecule has 0 spiro atoms. The van der Waals surface area contributed by atoms with Gasteiger partial charge in [0.2, 0.25) is 5.91 Å². The second-order valence-corrected chi connectivity index (χ2v) is 6.61. The summed E-state index contributed by atoms with van der Waals surface area (Å²) in [5.41, 5.74) is -0.731. The largest absolute Gasteiger partial charge is 0.480 e. The fraction of sp³-hybridized carbons (Fsp3) is 0.562. The predicted molar refractivity (Wildman–Crippen MR) is 88.9 cm³/mol. The van der Waals surface area contributed by atoms with Crippen LogP contribution in [0.15, 0.2) is 12.2 Å². The minimum atomic E-state index is -1.33. The number of amides is 4. The van der Waals surface area contributed by atoms with Crippen molar-refractivity contribution in [3.8, 4) is 0 Å². The summed E-state index contributed by atoms with van der Waals surface area (Å²) in [5, 5.41) is 13.7. The summed E-state index contributed by atoms with van der Waals surface area (Å²) in [4.78, 5) is 58.3. The van der Waals surface area contributed by atoms with Crippen LogP contribution in [0, 0.1) is 0 Å². The maximum Gasteiger partial charge on any atom is 0.407 e. The average Bonchev–Trinajstić information content (AvgIpc) is 2.81. The Kier molecular flexibility index (Phi) is 7.29. The number of imide groups is 1. The Morgan fingerprint density at radius 1 is 1.19 bits per heavy atom. The van der Waals surface area contributed by atoms with Crippen molar-refractivity contribution in [1.29, 1.82) is 0 Å². The van der Waals surface area contributed by atoms with Gasteiger partial charge in [0.25, 0.3) is 11.8 Å². The molecular weight excluding hydrogens is 346 g/mol. The number of nitrogens with one attached hydrogen (secondary N) is 2. The Balaban J connectivity index is 2.38. The van der Waals surface area contributed by atoms with Gasteiger partial charge in [-0.2, -0.15) is 0 Å². The third-order valence-electron chi connectivity index (χ3n) is 3.17. The quantitative estimate of drug-likeness (QED) is 0.502. The molecule has 1 aliphatic heterocycles. The monoisotopic (exact) mass is 369 g/mol. The highest BCUT2D eigenvalue weighted by molar-refractivity contribution is 6.12. The van der Waals surface area contributed by atoms with Crippen molar-refractivity contribution in [2.24, 2.45) is 0 Å². The molecule has 1 aliphatic rings. The number of carbonyl (C=O) groups is 5. The van der Waals surface area contributed by atoms with Crippen LogP contribution in [0.2, 0.25) is 0 Å². The van der Waals surface area contributed by atoms with Crippen LogP contribution >= 0.6 is 0 Å². The molecule has 0 aromatic carbocycles. The van der Waals surface area contributed by atoms with Crippen LogP contribution in [0.25, 0.3) is 0 Å². The second kappa shape index (κ2) is 8.97. The Morgan fingerprint density at radius 3 is 2.27 bits per heavy atom. The first kappa shape index (κ1) is 21.1. The molecule has 3 N–H and O–H groups in total. The smallest absolute Gasteiger partial charge is 0.407 e. The van der Waals surface area contributed by atoms with Gasteiger partial charge < -0.3 is 20.5 Å². The molecule has 1 heterocycles. The number of alkyl carbamates (subject to hydrolysis) is 1. The number of ether oxygens (including phenoxy) is 1. The fourth-order valence-electron chi connectivity index (χ4n) is 2.02. The topological polar surface area (TPSA) is 142 Å². The molecule has 10 heteroatoms. The first-order valence-corrected chi connectivity index (χ1v) is 8.02. The molecule has 4 amide bonds. The van der Waals surface area contributed by atoms with Gasteiger partial charge in [0.1, 0.15) is 11.6 Å². The molecule has 0 bridgehead atoms. The number of carbonyl (C=O) groups excluding carboxylic acids is 4. The van der Waals surface area contributed by atoms with Crippen LogP contribution in [0.1, 0.15) is 33.6 Å². The van der Waals surface area contributed by atoms with Crippen molar-refractivity contribution in [2.45, 2.75) is 45.3 Å². The Morgan fingerprint density at radius 2 is 1.77 bits per heavy atom. The molecule has 10 nitrogen and oxygen atoms in total. The van der Waals surface area contributed by atoms with Gasteiger partial charge in [-0.25, -0.2) is 9.59 Å². The molecule has 0 aromatic rings. The number of carboxylic acid groups (broad SMARTS) is 1. The van der Waals surface area contributed by atoms with E-state index in [1.807, 2.05) is 0 Å². The molecule has 0 unspecified atom stereocenters. The van der Waals surface area contributed by atoms with Crippen molar-refractivity contribution in [2.75, 3.05) is 13.1 Å². The molecule has 0 aliphatic carbocycles. The van der Waals surface area contributed by atoms with E-state index < -0.39 is 41.4 Å². The highest BCUT2D eigenvalue weighted by Gasteiger charge is 2.25. The third kappa shape index (κ3) is 7.32. The standard InChI is InChI=1S/C16H23N3O7/c1-16(2,3)26-15(25)17-9-10(14(23)24)18-11(20)5-4-8-19-12(21)6-7-13(19)22/h6-7,10H,4-5,8-9H2,1-3H3,(H,17,25)(H,18,20)(H,23,24)/t10-/m0/s1. The molecule has 0 fully saturated rings. The van der Waals surface area contributed by atoms with Crippen LogP contribution in [-0.2, 0) is 23.9 Å². The van der Waals surface area contributed by atoms with Gasteiger partial charge in [0, 0.05) is 25.1 Å². The van der Waals surface area contributed by atoms with E-state index >= 15 is 0 Å². The number of rotatable bonds is 8. The van der Waals surface area contributed by atoms with Gasteiger partial charge >= 0.3 is 12.1 Å². The first-order valence-electron chi connectivity index (χ1n) is 8.02. The lowest BCUT2D eigenvalue weighted by Gasteiger charge is -2.21. The SMILES string of the molecule is CC(C)(C)OC(=O)NC[C@H](NC(=O)CCCN1C(=O)C=CC1=O)C(=O)O.